The van der Waals surface area contributed by atoms with E-state index in [9.17, 15) is 0 Å². The molecule has 5 aromatic carbocycles. The summed E-state index contributed by atoms with van der Waals surface area (Å²) in [5, 5.41) is 7.46. The van der Waals surface area contributed by atoms with Gasteiger partial charge in [0, 0.05) is 11.1 Å². The summed E-state index contributed by atoms with van der Waals surface area (Å²) in [6, 6.07) is 35.4. The number of hydrogen-bond donors (Lipinski definition) is 1. The van der Waals surface area contributed by atoms with Crippen molar-refractivity contribution >= 4 is 38.0 Å². The van der Waals surface area contributed by atoms with Gasteiger partial charge in [0.25, 0.3) is 0 Å². The molecule has 1 heteroatoms. The van der Waals surface area contributed by atoms with Gasteiger partial charge in [0.2, 0.25) is 0 Å². The number of nitrogens with two attached hydrogens (primary N) is 1. The van der Waals surface area contributed by atoms with Crippen LogP contribution in [-0.4, -0.2) is 0 Å². The molecule has 0 aromatic heterocycles. The Morgan fingerprint density at radius 1 is 0.400 bits per heavy atom. The van der Waals surface area contributed by atoms with Gasteiger partial charge >= 0.3 is 0 Å². The van der Waals surface area contributed by atoms with E-state index in [0.717, 1.165) is 11.1 Å². The first-order valence-corrected chi connectivity index (χ1v) is 8.42. The van der Waals surface area contributed by atoms with E-state index >= 15 is 0 Å². The van der Waals surface area contributed by atoms with Gasteiger partial charge in [-0.1, -0.05) is 84.9 Å². The number of rotatable bonds is 0. The first-order chi connectivity index (χ1) is 12.3. The van der Waals surface area contributed by atoms with Crippen molar-refractivity contribution in [2.24, 2.45) is 0 Å². The van der Waals surface area contributed by atoms with Gasteiger partial charge in [-0.15, -0.1) is 0 Å². The zero-order valence-corrected chi connectivity index (χ0v) is 13.9. The van der Waals surface area contributed by atoms with Gasteiger partial charge in [0.1, 0.15) is 0 Å². The summed E-state index contributed by atoms with van der Waals surface area (Å²) in [5.74, 6) is 0. The molecule has 0 heterocycles. The van der Waals surface area contributed by atoms with Crippen molar-refractivity contribution in [2.45, 2.75) is 0 Å². The Morgan fingerprint density at radius 2 is 0.840 bits per heavy atom. The Morgan fingerprint density at radius 3 is 1.40 bits per heavy atom. The lowest BCUT2D eigenvalue weighted by Crippen LogP contribution is -1.86. The monoisotopic (exact) mass is 321 g/mol. The van der Waals surface area contributed by atoms with Crippen LogP contribution in [0.25, 0.3) is 32.3 Å². The van der Waals surface area contributed by atoms with Gasteiger partial charge in [-0.25, -0.2) is 0 Å². The largest absolute Gasteiger partial charge is 0.398 e. The molecule has 0 aliphatic heterocycles. The van der Waals surface area contributed by atoms with E-state index in [4.69, 9.17) is 5.73 Å². The highest BCUT2D eigenvalue weighted by Crippen LogP contribution is 2.26. The Hall–Kier alpha value is -3.32. The average molecular weight is 321 g/mol. The van der Waals surface area contributed by atoms with E-state index in [-0.39, 0.29) is 0 Å². The van der Waals surface area contributed by atoms with E-state index in [1.807, 2.05) is 18.2 Å². The van der Waals surface area contributed by atoms with E-state index in [0.29, 0.717) is 0 Å². The minimum atomic E-state index is 0.846. The van der Waals surface area contributed by atoms with Crippen LogP contribution in [0.4, 0.5) is 5.69 Å². The van der Waals surface area contributed by atoms with Crippen LogP contribution >= 0.6 is 0 Å². The van der Waals surface area contributed by atoms with Gasteiger partial charge in [-0.3, -0.25) is 0 Å². The van der Waals surface area contributed by atoms with Crippen LogP contribution in [0, 0.1) is 0 Å². The van der Waals surface area contributed by atoms with Gasteiger partial charge in [0.15, 0.2) is 0 Å². The lowest BCUT2D eigenvalue weighted by atomic mass is 10.0. The van der Waals surface area contributed by atoms with Crippen molar-refractivity contribution in [2.75, 3.05) is 5.73 Å². The minimum absolute atomic E-state index is 0.846. The van der Waals surface area contributed by atoms with Crippen LogP contribution in [0.3, 0.4) is 0 Å². The summed E-state index contributed by atoms with van der Waals surface area (Å²) in [7, 11) is 0. The van der Waals surface area contributed by atoms with Gasteiger partial charge < -0.3 is 5.73 Å². The van der Waals surface area contributed by atoms with E-state index in [2.05, 4.69) is 84.9 Å². The molecule has 5 rings (SSSR count). The Balaban J connectivity index is 0.000000136. The third kappa shape index (κ3) is 3.17. The van der Waals surface area contributed by atoms with Crippen LogP contribution in [0.2, 0.25) is 0 Å². The molecule has 0 spiro atoms. The molecule has 5 aromatic rings. The van der Waals surface area contributed by atoms with Crippen molar-refractivity contribution in [3.63, 3.8) is 0 Å². The predicted octanol–water partition coefficient (Wildman–Crippen LogP) is 6.42. The van der Waals surface area contributed by atoms with Crippen LogP contribution in [0.15, 0.2) is 103 Å². The number of anilines is 1. The molecule has 0 saturated heterocycles. The normalized spacial score (nSPS) is 10.6. The fourth-order valence-electron chi connectivity index (χ4n) is 3.12. The zero-order valence-electron chi connectivity index (χ0n) is 13.9. The smallest absolute Gasteiger partial charge is 0.0393 e. The third-order valence-corrected chi connectivity index (χ3v) is 4.44. The molecule has 25 heavy (non-hydrogen) atoms. The molecule has 0 aliphatic rings. The number of benzene rings is 5. The SMILES string of the molecule is Nc1cccc2cc3ccccc3cc12.c1ccc2ccccc2c1. The minimum Gasteiger partial charge on any atom is -0.398 e. The lowest BCUT2D eigenvalue weighted by molar-refractivity contribution is 1.74. The van der Waals surface area contributed by atoms with Crippen LogP contribution in [0.1, 0.15) is 0 Å². The highest BCUT2D eigenvalue weighted by Gasteiger charge is 1.99. The maximum atomic E-state index is 5.95. The topological polar surface area (TPSA) is 26.0 Å². The summed E-state index contributed by atoms with van der Waals surface area (Å²) in [6.07, 6.45) is 0. The van der Waals surface area contributed by atoms with E-state index in [1.54, 1.807) is 0 Å². The lowest BCUT2D eigenvalue weighted by Gasteiger charge is -2.04. The fraction of sp³-hybridized carbons (Fsp3) is 0. The van der Waals surface area contributed by atoms with Crippen LogP contribution < -0.4 is 5.73 Å². The Bertz CT molecular complexity index is 1090. The van der Waals surface area contributed by atoms with Gasteiger partial charge in [-0.05, 0) is 45.1 Å². The molecule has 0 atom stereocenters. The van der Waals surface area contributed by atoms with Crippen LogP contribution in [-0.2, 0) is 0 Å². The molecule has 1 nitrogen and oxygen atoms in total. The summed E-state index contributed by atoms with van der Waals surface area (Å²) in [5.41, 5.74) is 6.79. The molecule has 0 amide bonds. The first kappa shape index (κ1) is 15.2. The molecule has 0 unspecified atom stereocenters. The van der Waals surface area contributed by atoms with Gasteiger partial charge in [-0.2, -0.15) is 0 Å². The first-order valence-electron chi connectivity index (χ1n) is 8.42. The highest BCUT2D eigenvalue weighted by atomic mass is 14.5. The maximum Gasteiger partial charge on any atom is 0.0393 e. The molecule has 2 N–H and O–H groups in total. The van der Waals surface area contributed by atoms with E-state index in [1.165, 1.54) is 26.9 Å². The summed E-state index contributed by atoms with van der Waals surface area (Å²) >= 11 is 0. The molecule has 0 saturated carbocycles. The summed E-state index contributed by atoms with van der Waals surface area (Å²) < 4.78 is 0. The average Bonchev–Trinajstić information content (AvgIpc) is 2.68. The maximum absolute atomic E-state index is 5.95. The quantitative estimate of drug-likeness (QED) is 0.259. The summed E-state index contributed by atoms with van der Waals surface area (Å²) in [6.45, 7) is 0. The molecular formula is C24H19N. The van der Waals surface area contributed by atoms with E-state index < -0.39 is 0 Å². The number of nitrogen functional groups attached to an aromatic ring is 1. The second-order valence-electron chi connectivity index (χ2n) is 6.11. The number of hydrogen-bond acceptors (Lipinski definition) is 1. The molecule has 0 radical (unpaired) electrons. The molecule has 120 valence electrons. The fourth-order valence-corrected chi connectivity index (χ4v) is 3.12. The Kier molecular flexibility index (Phi) is 4.05. The zero-order chi connectivity index (χ0) is 17.1. The van der Waals surface area contributed by atoms with Gasteiger partial charge in [0.05, 0.1) is 0 Å². The standard InChI is InChI=1S/C14H11N.C10H8/c15-14-7-3-6-12-8-10-4-1-2-5-11(10)9-13(12)14;1-2-6-10-8-4-3-7-9(10)5-1/h1-9H,15H2;1-8H. The summed E-state index contributed by atoms with van der Waals surface area (Å²) in [4.78, 5) is 0. The third-order valence-electron chi connectivity index (χ3n) is 4.44. The van der Waals surface area contributed by atoms with Crippen molar-refractivity contribution < 1.29 is 0 Å². The van der Waals surface area contributed by atoms with Crippen LogP contribution in [0.5, 0.6) is 0 Å². The molecule has 0 aliphatic carbocycles. The van der Waals surface area contributed by atoms with Crippen molar-refractivity contribution in [1.29, 1.82) is 0 Å². The highest BCUT2D eigenvalue weighted by molar-refractivity contribution is 6.03. The van der Waals surface area contributed by atoms with Crippen molar-refractivity contribution in [3.8, 4) is 0 Å². The Labute approximate surface area is 147 Å². The molecule has 0 fully saturated rings. The number of fused-ring (bicyclic) bond motifs is 3. The van der Waals surface area contributed by atoms with Crippen molar-refractivity contribution in [3.05, 3.63) is 103 Å². The predicted molar refractivity (Wildman–Crippen MR) is 110 cm³/mol. The second-order valence-corrected chi connectivity index (χ2v) is 6.11. The van der Waals surface area contributed by atoms with Crippen molar-refractivity contribution in [1.82, 2.24) is 0 Å². The molecular weight excluding hydrogens is 302 g/mol. The second kappa shape index (κ2) is 6.66. The molecule has 0 bridgehead atoms.